The number of fused-ring (bicyclic) bond motifs is 1. The predicted octanol–water partition coefficient (Wildman–Crippen LogP) is 4.64. The SMILES string of the molecule is O=C(O)c1cccc2c1cnn2Cc1cc(F)ccc1OCc1ccccc1F. The third-order valence-electron chi connectivity index (χ3n) is 4.60. The first-order valence-corrected chi connectivity index (χ1v) is 8.85. The molecule has 5 nitrogen and oxygen atoms in total. The van der Waals surface area contributed by atoms with E-state index in [-0.39, 0.29) is 24.5 Å². The quantitative estimate of drug-likeness (QED) is 0.517. The molecule has 7 heteroatoms. The summed E-state index contributed by atoms with van der Waals surface area (Å²) >= 11 is 0. The first kappa shape index (κ1) is 18.6. The van der Waals surface area contributed by atoms with Gasteiger partial charge in [-0.25, -0.2) is 13.6 Å². The highest BCUT2D eigenvalue weighted by Gasteiger charge is 2.14. The largest absolute Gasteiger partial charge is 0.488 e. The first-order chi connectivity index (χ1) is 14.0. The number of carboxylic acid groups (broad SMARTS) is 1. The number of aromatic nitrogens is 2. The summed E-state index contributed by atoms with van der Waals surface area (Å²) < 4.78 is 35.0. The van der Waals surface area contributed by atoms with Crippen LogP contribution in [-0.2, 0) is 13.2 Å². The van der Waals surface area contributed by atoms with E-state index < -0.39 is 11.8 Å². The van der Waals surface area contributed by atoms with E-state index in [0.717, 1.165) is 0 Å². The Kier molecular flexibility index (Phi) is 4.95. The van der Waals surface area contributed by atoms with E-state index in [2.05, 4.69) is 5.10 Å². The minimum absolute atomic E-state index is 0.00563. The Morgan fingerprint density at radius 1 is 1.03 bits per heavy atom. The summed E-state index contributed by atoms with van der Waals surface area (Å²) in [6.07, 6.45) is 1.47. The standard InChI is InChI=1S/C22H16F2N2O3/c23-16-8-9-21(29-13-14-4-1-2-6-19(14)24)15(10-16)12-26-20-7-3-5-17(22(27)28)18(20)11-25-26/h1-11H,12-13H2,(H,27,28). The highest BCUT2D eigenvalue weighted by atomic mass is 19.1. The maximum atomic E-state index is 13.9. The molecule has 0 atom stereocenters. The number of hydrogen-bond donors (Lipinski definition) is 1. The second kappa shape index (κ2) is 7.71. The molecule has 4 rings (SSSR count). The summed E-state index contributed by atoms with van der Waals surface area (Å²) in [4.78, 5) is 11.4. The second-order valence-corrected chi connectivity index (χ2v) is 6.48. The monoisotopic (exact) mass is 394 g/mol. The molecule has 0 aliphatic rings. The molecule has 0 saturated carbocycles. The Hall–Kier alpha value is -3.74. The van der Waals surface area contributed by atoms with Gasteiger partial charge in [0.1, 0.15) is 24.0 Å². The molecule has 0 amide bonds. The number of ether oxygens (including phenoxy) is 1. The molecule has 0 bridgehead atoms. The lowest BCUT2D eigenvalue weighted by atomic mass is 10.1. The van der Waals surface area contributed by atoms with Gasteiger partial charge in [-0.2, -0.15) is 5.10 Å². The Balaban J connectivity index is 1.65. The van der Waals surface area contributed by atoms with Gasteiger partial charge in [-0.1, -0.05) is 24.3 Å². The number of aromatic carboxylic acids is 1. The molecule has 0 saturated heterocycles. The number of halogens is 2. The van der Waals surface area contributed by atoms with Gasteiger partial charge in [0.2, 0.25) is 0 Å². The van der Waals surface area contributed by atoms with Crippen molar-refractivity contribution in [2.45, 2.75) is 13.2 Å². The highest BCUT2D eigenvalue weighted by Crippen LogP contribution is 2.25. The zero-order chi connectivity index (χ0) is 20.4. The summed E-state index contributed by atoms with van der Waals surface area (Å²) in [6, 6.07) is 15.2. The zero-order valence-electron chi connectivity index (χ0n) is 15.2. The van der Waals surface area contributed by atoms with Crippen molar-refractivity contribution in [3.63, 3.8) is 0 Å². The van der Waals surface area contributed by atoms with Crippen LogP contribution < -0.4 is 4.74 Å². The van der Waals surface area contributed by atoms with Gasteiger partial charge in [-0.15, -0.1) is 0 Å². The van der Waals surface area contributed by atoms with Gasteiger partial charge < -0.3 is 9.84 Å². The molecule has 146 valence electrons. The molecule has 29 heavy (non-hydrogen) atoms. The van der Waals surface area contributed by atoms with Crippen LogP contribution in [0.1, 0.15) is 21.5 Å². The van der Waals surface area contributed by atoms with Crippen LogP contribution in [0, 0.1) is 11.6 Å². The Bertz CT molecular complexity index is 1200. The van der Waals surface area contributed by atoms with Crippen LogP contribution in [0.15, 0.2) is 66.9 Å². The van der Waals surface area contributed by atoms with Crippen molar-refractivity contribution in [3.05, 3.63) is 95.2 Å². The molecule has 0 unspecified atom stereocenters. The van der Waals surface area contributed by atoms with Crippen molar-refractivity contribution >= 4 is 16.9 Å². The minimum atomic E-state index is -1.05. The molecule has 1 N–H and O–H groups in total. The van der Waals surface area contributed by atoms with Crippen LogP contribution >= 0.6 is 0 Å². The molecule has 0 aliphatic carbocycles. The van der Waals surface area contributed by atoms with E-state index >= 15 is 0 Å². The van der Waals surface area contributed by atoms with Crippen molar-refractivity contribution in [2.75, 3.05) is 0 Å². The molecule has 0 spiro atoms. The third kappa shape index (κ3) is 3.80. The fourth-order valence-electron chi connectivity index (χ4n) is 3.16. The zero-order valence-corrected chi connectivity index (χ0v) is 15.2. The number of benzene rings is 3. The molecule has 0 aliphatic heterocycles. The number of hydrogen-bond acceptors (Lipinski definition) is 3. The van der Waals surface area contributed by atoms with Gasteiger partial charge in [0.05, 0.1) is 23.8 Å². The van der Waals surface area contributed by atoms with Gasteiger partial charge in [0, 0.05) is 16.5 Å². The average Bonchev–Trinajstić information content (AvgIpc) is 3.11. The van der Waals surface area contributed by atoms with Crippen LogP contribution in [0.3, 0.4) is 0 Å². The van der Waals surface area contributed by atoms with Gasteiger partial charge >= 0.3 is 5.97 Å². The summed E-state index contributed by atoms with van der Waals surface area (Å²) in [5.74, 6) is -1.47. The predicted molar refractivity (Wildman–Crippen MR) is 103 cm³/mol. The second-order valence-electron chi connectivity index (χ2n) is 6.48. The van der Waals surface area contributed by atoms with Crippen molar-refractivity contribution < 1.29 is 23.4 Å². The topological polar surface area (TPSA) is 64.3 Å². The molecule has 3 aromatic carbocycles. The van der Waals surface area contributed by atoms with Gasteiger partial charge in [0.15, 0.2) is 0 Å². The van der Waals surface area contributed by atoms with Crippen LogP contribution in [0.4, 0.5) is 8.78 Å². The van der Waals surface area contributed by atoms with Gasteiger partial charge in [-0.3, -0.25) is 4.68 Å². The van der Waals surface area contributed by atoms with Crippen molar-refractivity contribution in [1.82, 2.24) is 9.78 Å². The van der Waals surface area contributed by atoms with E-state index in [9.17, 15) is 18.7 Å². The first-order valence-electron chi connectivity index (χ1n) is 8.85. The van der Waals surface area contributed by atoms with Crippen LogP contribution in [0.25, 0.3) is 10.9 Å². The fourth-order valence-corrected chi connectivity index (χ4v) is 3.16. The van der Waals surface area contributed by atoms with E-state index in [1.54, 1.807) is 35.0 Å². The highest BCUT2D eigenvalue weighted by molar-refractivity contribution is 6.02. The van der Waals surface area contributed by atoms with E-state index in [1.807, 2.05) is 0 Å². The smallest absolute Gasteiger partial charge is 0.336 e. The normalized spacial score (nSPS) is 11.0. The Morgan fingerprint density at radius 2 is 1.86 bits per heavy atom. The lowest BCUT2D eigenvalue weighted by Gasteiger charge is -2.13. The Labute approximate surface area is 164 Å². The van der Waals surface area contributed by atoms with E-state index in [4.69, 9.17) is 4.74 Å². The summed E-state index contributed by atoms with van der Waals surface area (Å²) in [5.41, 5.74) is 1.64. The molecular formula is C22H16F2N2O3. The average molecular weight is 394 g/mol. The number of carbonyl (C=O) groups is 1. The van der Waals surface area contributed by atoms with Crippen LogP contribution in [0.2, 0.25) is 0 Å². The van der Waals surface area contributed by atoms with Crippen LogP contribution in [-0.4, -0.2) is 20.9 Å². The maximum Gasteiger partial charge on any atom is 0.336 e. The molecule has 0 fully saturated rings. The van der Waals surface area contributed by atoms with Crippen molar-refractivity contribution in [1.29, 1.82) is 0 Å². The number of carboxylic acids is 1. The Morgan fingerprint density at radius 3 is 2.66 bits per heavy atom. The minimum Gasteiger partial charge on any atom is -0.488 e. The van der Waals surface area contributed by atoms with Crippen LogP contribution in [0.5, 0.6) is 5.75 Å². The number of nitrogens with zero attached hydrogens (tertiary/aromatic N) is 2. The van der Waals surface area contributed by atoms with Gasteiger partial charge in [0.25, 0.3) is 0 Å². The molecule has 4 aromatic rings. The van der Waals surface area contributed by atoms with Gasteiger partial charge in [-0.05, 0) is 36.4 Å². The molecule has 1 aromatic heterocycles. The summed E-state index contributed by atoms with van der Waals surface area (Å²) in [6.45, 7) is 0.158. The number of rotatable bonds is 6. The lowest BCUT2D eigenvalue weighted by Crippen LogP contribution is -2.06. The third-order valence-corrected chi connectivity index (χ3v) is 4.60. The lowest BCUT2D eigenvalue weighted by molar-refractivity contribution is 0.0699. The van der Waals surface area contributed by atoms with Crippen molar-refractivity contribution in [2.24, 2.45) is 0 Å². The molecule has 0 radical (unpaired) electrons. The molecular weight excluding hydrogens is 378 g/mol. The summed E-state index contributed by atoms with van der Waals surface area (Å²) in [5, 5.41) is 14.1. The van der Waals surface area contributed by atoms with E-state index in [0.29, 0.717) is 27.8 Å². The van der Waals surface area contributed by atoms with Crippen molar-refractivity contribution in [3.8, 4) is 5.75 Å². The van der Waals surface area contributed by atoms with E-state index in [1.165, 1.54) is 36.5 Å². The maximum absolute atomic E-state index is 13.9. The fraction of sp³-hybridized carbons (Fsp3) is 0.0909. The molecule has 1 heterocycles. The summed E-state index contributed by atoms with van der Waals surface area (Å²) in [7, 11) is 0.